The molecule has 2 aromatic rings. The number of aryl methyl sites for hydroxylation is 1. The summed E-state index contributed by atoms with van der Waals surface area (Å²) in [6, 6.07) is 1.70. The molecule has 0 amide bonds. The van der Waals surface area contributed by atoms with Crippen molar-refractivity contribution >= 4 is 27.5 Å². The van der Waals surface area contributed by atoms with Gasteiger partial charge in [-0.2, -0.15) is 0 Å². The second kappa shape index (κ2) is 3.70. The Hall–Kier alpha value is -1.62. The van der Waals surface area contributed by atoms with E-state index >= 15 is 0 Å². The van der Waals surface area contributed by atoms with E-state index in [0.717, 1.165) is 40.6 Å². The molecule has 0 spiro atoms. The van der Waals surface area contributed by atoms with Crippen LogP contribution >= 0.6 is 11.3 Å². The van der Waals surface area contributed by atoms with E-state index in [1.165, 1.54) is 18.4 Å². The molecule has 2 heterocycles. The van der Waals surface area contributed by atoms with Crippen molar-refractivity contribution in [2.24, 2.45) is 0 Å². The fourth-order valence-corrected chi connectivity index (χ4v) is 3.48. The smallest absolute Gasteiger partial charge is 0.348 e. The Labute approximate surface area is 101 Å². The normalized spacial score (nSPS) is 13.9. The third kappa shape index (κ3) is 1.50. The number of ether oxygens (including phenoxy) is 1. The molecule has 17 heavy (non-hydrogen) atoms. The van der Waals surface area contributed by atoms with Gasteiger partial charge in [0.25, 0.3) is 5.56 Å². The largest absolute Gasteiger partial charge is 0.465 e. The van der Waals surface area contributed by atoms with E-state index in [2.05, 4.69) is 4.98 Å². The lowest BCUT2D eigenvalue weighted by Gasteiger charge is -1.98. The van der Waals surface area contributed by atoms with Gasteiger partial charge in [-0.15, -0.1) is 11.3 Å². The summed E-state index contributed by atoms with van der Waals surface area (Å²) in [4.78, 5) is 26.6. The number of esters is 1. The maximum Gasteiger partial charge on any atom is 0.348 e. The van der Waals surface area contributed by atoms with E-state index < -0.39 is 0 Å². The number of thiophene rings is 1. The average molecular weight is 249 g/mol. The van der Waals surface area contributed by atoms with Gasteiger partial charge < -0.3 is 9.72 Å². The van der Waals surface area contributed by atoms with Crippen LogP contribution in [-0.4, -0.2) is 18.1 Å². The number of rotatable bonds is 1. The quantitative estimate of drug-likeness (QED) is 0.785. The third-order valence-electron chi connectivity index (χ3n) is 3.13. The number of methoxy groups -OCH3 is 1. The fourth-order valence-electron chi connectivity index (χ4n) is 2.35. The first-order chi connectivity index (χ1) is 8.20. The zero-order valence-electron chi connectivity index (χ0n) is 9.33. The molecule has 0 fully saturated rings. The lowest BCUT2D eigenvalue weighted by atomic mass is 10.1. The van der Waals surface area contributed by atoms with Gasteiger partial charge in [0.2, 0.25) is 0 Å². The van der Waals surface area contributed by atoms with Crippen molar-refractivity contribution in [2.45, 2.75) is 19.3 Å². The lowest BCUT2D eigenvalue weighted by Crippen LogP contribution is -2.11. The summed E-state index contributed by atoms with van der Waals surface area (Å²) < 4.78 is 5.72. The van der Waals surface area contributed by atoms with E-state index in [1.54, 1.807) is 6.07 Å². The number of H-pyrrole nitrogens is 1. The monoisotopic (exact) mass is 249 g/mol. The number of fused-ring (bicyclic) bond motifs is 3. The Balaban J connectivity index is 2.30. The van der Waals surface area contributed by atoms with E-state index in [9.17, 15) is 9.59 Å². The molecule has 0 saturated carbocycles. The van der Waals surface area contributed by atoms with Gasteiger partial charge >= 0.3 is 5.97 Å². The molecule has 0 atom stereocenters. The molecule has 1 N–H and O–H groups in total. The molecule has 4 nitrogen and oxygen atoms in total. The van der Waals surface area contributed by atoms with Crippen molar-refractivity contribution < 1.29 is 9.53 Å². The Morgan fingerprint density at radius 2 is 2.18 bits per heavy atom. The molecular weight excluding hydrogens is 238 g/mol. The molecule has 2 aromatic heterocycles. The molecule has 0 unspecified atom stereocenters. The third-order valence-corrected chi connectivity index (χ3v) is 4.31. The number of carbonyl (C=O) groups is 1. The van der Waals surface area contributed by atoms with Gasteiger partial charge in [0.15, 0.2) is 0 Å². The summed E-state index contributed by atoms with van der Waals surface area (Å²) in [6.07, 6.45) is 2.78. The summed E-state index contributed by atoms with van der Waals surface area (Å²) >= 11 is 1.40. The van der Waals surface area contributed by atoms with E-state index in [-0.39, 0.29) is 11.5 Å². The molecule has 1 aliphatic rings. The van der Waals surface area contributed by atoms with Crippen molar-refractivity contribution in [2.75, 3.05) is 7.11 Å². The van der Waals surface area contributed by atoms with Crippen LogP contribution < -0.4 is 5.56 Å². The van der Waals surface area contributed by atoms with Crippen LogP contribution in [0.1, 0.15) is 27.2 Å². The minimum Gasteiger partial charge on any atom is -0.465 e. The van der Waals surface area contributed by atoms with Crippen LogP contribution in [0.5, 0.6) is 0 Å². The topological polar surface area (TPSA) is 59.2 Å². The first kappa shape index (κ1) is 10.5. The van der Waals surface area contributed by atoms with Crippen molar-refractivity contribution in [1.82, 2.24) is 4.98 Å². The summed E-state index contributed by atoms with van der Waals surface area (Å²) in [5.74, 6) is -0.348. The standard InChI is InChI=1S/C12H11NO3S/c1-16-12(15)9-5-8-10(17-9)6-3-2-4-7(6)11(14)13-8/h5H,2-4H2,1H3,(H,13,14). The zero-order chi connectivity index (χ0) is 12.0. The van der Waals surface area contributed by atoms with Gasteiger partial charge in [0.1, 0.15) is 4.88 Å². The summed E-state index contributed by atoms with van der Waals surface area (Å²) in [5.41, 5.74) is 2.74. The molecule has 0 bridgehead atoms. The summed E-state index contributed by atoms with van der Waals surface area (Å²) in [5, 5.41) is 0. The van der Waals surface area contributed by atoms with Crippen LogP contribution in [0.3, 0.4) is 0 Å². The van der Waals surface area contributed by atoms with Crippen molar-refractivity contribution in [3.05, 3.63) is 32.4 Å². The highest BCUT2D eigenvalue weighted by Crippen LogP contribution is 2.32. The first-order valence-corrected chi connectivity index (χ1v) is 6.28. The number of nitrogens with one attached hydrogen (secondary N) is 1. The van der Waals surface area contributed by atoms with Crippen molar-refractivity contribution in [1.29, 1.82) is 0 Å². The Morgan fingerprint density at radius 1 is 1.41 bits per heavy atom. The van der Waals surface area contributed by atoms with Crippen LogP contribution in [0.4, 0.5) is 0 Å². The second-order valence-electron chi connectivity index (χ2n) is 4.11. The van der Waals surface area contributed by atoms with Gasteiger partial charge in [-0.1, -0.05) is 0 Å². The van der Waals surface area contributed by atoms with Crippen LogP contribution in [0, 0.1) is 0 Å². The SMILES string of the molecule is COC(=O)c1cc2[nH]c(=O)c3c(c2s1)CCC3. The minimum absolute atomic E-state index is 0.0146. The molecule has 0 radical (unpaired) electrons. The highest BCUT2D eigenvalue weighted by atomic mass is 32.1. The van der Waals surface area contributed by atoms with Crippen LogP contribution in [0.25, 0.3) is 10.2 Å². The maximum atomic E-state index is 11.8. The van der Waals surface area contributed by atoms with E-state index in [1.807, 2.05) is 0 Å². The Morgan fingerprint density at radius 3 is 2.94 bits per heavy atom. The predicted molar refractivity (Wildman–Crippen MR) is 65.8 cm³/mol. The van der Waals surface area contributed by atoms with Crippen LogP contribution in [0.2, 0.25) is 0 Å². The molecule has 0 aliphatic heterocycles. The van der Waals surface area contributed by atoms with E-state index in [0.29, 0.717) is 4.88 Å². The molecule has 3 rings (SSSR count). The number of carbonyl (C=O) groups excluding carboxylic acids is 1. The highest BCUT2D eigenvalue weighted by Gasteiger charge is 2.21. The van der Waals surface area contributed by atoms with Gasteiger partial charge in [-0.3, -0.25) is 4.79 Å². The van der Waals surface area contributed by atoms with Crippen LogP contribution in [-0.2, 0) is 17.6 Å². The lowest BCUT2D eigenvalue weighted by molar-refractivity contribution is 0.0606. The fraction of sp³-hybridized carbons (Fsp3) is 0.333. The molecule has 88 valence electrons. The Kier molecular flexibility index (Phi) is 2.29. The number of pyridine rings is 1. The van der Waals surface area contributed by atoms with Crippen molar-refractivity contribution in [3.8, 4) is 0 Å². The molecule has 0 saturated heterocycles. The van der Waals surface area contributed by atoms with Gasteiger partial charge in [-0.05, 0) is 30.9 Å². The average Bonchev–Trinajstić information content (AvgIpc) is 2.92. The Bertz CT molecular complexity index is 668. The molecule has 0 aromatic carbocycles. The molecule has 1 aliphatic carbocycles. The zero-order valence-corrected chi connectivity index (χ0v) is 10.1. The van der Waals surface area contributed by atoms with Crippen LogP contribution in [0.15, 0.2) is 10.9 Å². The maximum absolute atomic E-state index is 11.8. The summed E-state index contributed by atoms with van der Waals surface area (Å²) in [6.45, 7) is 0. The minimum atomic E-state index is -0.348. The molecule has 5 heteroatoms. The van der Waals surface area contributed by atoms with E-state index in [4.69, 9.17) is 4.74 Å². The van der Waals surface area contributed by atoms with Gasteiger partial charge in [-0.25, -0.2) is 4.79 Å². The number of hydrogen-bond acceptors (Lipinski definition) is 4. The second-order valence-corrected chi connectivity index (χ2v) is 5.16. The van der Waals surface area contributed by atoms with Crippen molar-refractivity contribution in [3.63, 3.8) is 0 Å². The van der Waals surface area contributed by atoms with Gasteiger partial charge in [0.05, 0.1) is 17.3 Å². The van der Waals surface area contributed by atoms with Gasteiger partial charge in [0, 0.05) is 5.56 Å². The highest BCUT2D eigenvalue weighted by molar-refractivity contribution is 7.20. The first-order valence-electron chi connectivity index (χ1n) is 5.46. The predicted octanol–water partition coefficient (Wildman–Crippen LogP) is 1.86. The number of aromatic nitrogens is 1. The molecular formula is C12H11NO3S. The summed E-state index contributed by atoms with van der Waals surface area (Å²) in [7, 11) is 1.36. The number of hydrogen-bond donors (Lipinski definition) is 1. The number of aromatic amines is 1.